The van der Waals surface area contributed by atoms with Crippen molar-refractivity contribution in [2.75, 3.05) is 24.8 Å². The number of hydrogen-bond acceptors (Lipinski definition) is 4. The molecule has 102 valence electrons. The van der Waals surface area contributed by atoms with Gasteiger partial charge in [-0.25, -0.2) is 0 Å². The molecule has 0 N–H and O–H groups in total. The highest BCUT2D eigenvalue weighted by atomic mass is 35.5. The number of rotatable bonds is 4. The van der Waals surface area contributed by atoms with Crippen LogP contribution in [0.25, 0.3) is 0 Å². The average molecular weight is 316 g/mol. The Morgan fingerprint density at radius 1 is 1.58 bits per heavy atom. The summed E-state index contributed by atoms with van der Waals surface area (Å²) in [5.74, 6) is 3.16. The van der Waals surface area contributed by atoms with E-state index in [0.717, 1.165) is 18.2 Å². The minimum atomic E-state index is 0.399. The van der Waals surface area contributed by atoms with Crippen LogP contribution in [0.2, 0.25) is 5.02 Å². The number of benzene rings is 1. The Labute approximate surface area is 127 Å². The van der Waals surface area contributed by atoms with Gasteiger partial charge in [-0.3, -0.25) is 0 Å². The molecule has 1 aromatic carbocycles. The molecule has 0 bridgehead atoms. The Hall–Kier alpha value is -0.910. The number of thioether (sulfide) groups is 1. The summed E-state index contributed by atoms with van der Waals surface area (Å²) in [7, 11) is 0. The van der Waals surface area contributed by atoms with Gasteiger partial charge in [0.05, 0.1) is 10.9 Å². The van der Waals surface area contributed by atoms with E-state index in [0.29, 0.717) is 28.3 Å². The van der Waals surface area contributed by atoms with Crippen LogP contribution in [0, 0.1) is 0 Å². The van der Waals surface area contributed by atoms with Gasteiger partial charge in [-0.2, -0.15) is 0 Å². The fourth-order valence-electron chi connectivity index (χ4n) is 1.53. The Kier molecular flexibility index (Phi) is 5.36. The standard InChI is InChI=1S/C13H14ClNO2S2/c1-2-6-16-12-8-10(3-4-11(12)14)17-13(18)15-5-7-19-9-15/h2-4,8H,1,5-7,9H2. The fraction of sp³-hybridized carbons (Fsp3) is 0.308. The van der Waals surface area contributed by atoms with E-state index in [1.54, 1.807) is 24.3 Å². The van der Waals surface area contributed by atoms with Crippen LogP contribution in [0.3, 0.4) is 0 Å². The van der Waals surface area contributed by atoms with Crippen molar-refractivity contribution in [3.63, 3.8) is 0 Å². The molecule has 0 radical (unpaired) electrons. The molecule has 0 saturated carbocycles. The number of thiocarbonyl (C=S) groups is 1. The van der Waals surface area contributed by atoms with Gasteiger partial charge in [0.2, 0.25) is 0 Å². The van der Waals surface area contributed by atoms with Gasteiger partial charge in [0.25, 0.3) is 5.17 Å². The van der Waals surface area contributed by atoms with E-state index in [2.05, 4.69) is 6.58 Å². The molecule has 0 unspecified atom stereocenters. The third-order valence-corrected chi connectivity index (χ3v) is 4.09. The topological polar surface area (TPSA) is 21.7 Å². The Morgan fingerprint density at radius 3 is 3.11 bits per heavy atom. The molecule has 1 aromatic rings. The summed E-state index contributed by atoms with van der Waals surface area (Å²) in [5, 5.41) is 1.03. The molecule has 2 rings (SSSR count). The first-order valence-electron chi connectivity index (χ1n) is 5.78. The second kappa shape index (κ2) is 7.03. The van der Waals surface area contributed by atoms with Crippen molar-refractivity contribution in [2.45, 2.75) is 0 Å². The molecule has 0 amide bonds. The maximum atomic E-state index is 6.03. The lowest BCUT2D eigenvalue weighted by Gasteiger charge is -2.18. The SMILES string of the molecule is C=CCOc1cc(OC(=S)N2CCSC2)ccc1Cl. The summed E-state index contributed by atoms with van der Waals surface area (Å²) in [5.41, 5.74) is 0. The molecule has 0 spiro atoms. The monoisotopic (exact) mass is 315 g/mol. The van der Waals surface area contributed by atoms with Gasteiger partial charge in [0.15, 0.2) is 0 Å². The number of nitrogens with zero attached hydrogens (tertiary/aromatic N) is 1. The highest BCUT2D eigenvalue weighted by Crippen LogP contribution is 2.29. The maximum Gasteiger partial charge on any atom is 0.265 e. The van der Waals surface area contributed by atoms with E-state index in [1.807, 2.05) is 16.7 Å². The highest BCUT2D eigenvalue weighted by Gasteiger charge is 2.17. The first kappa shape index (κ1) is 14.5. The van der Waals surface area contributed by atoms with Crippen LogP contribution < -0.4 is 9.47 Å². The predicted molar refractivity (Wildman–Crippen MR) is 84.4 cm³/mol. The van der Waals surface area contributed by atoms with Crippen molar-refractivity contribution in [3.8, 4) is 11.5 Å². The van der Waals surface area contributed by atoms with Crippen molar-refractivity contribution >= 4 is 40.8 Å². The van der Waals surface area contributed by atoms with Crippen LogP contribution in [0.1, 0.15) is 0 Å². The molecule has 0 atom stereocenters. The van der Waals surface area contributed by atoms with Crippen LogP contribution in [-0.2, 0) is 0 Å². The number of hydrogen-bond donors (Lipinski definition) is 0. The van der Waals surface area contributed by atoms with Crippen molar-refractivity contribution in [1.82, 2.24) is 4.90 Å². The first-order chi connectivity index (χ1) is 9.20. The summed E-state index contributed by atoms with van der Waals surface area (Å²) >= 11 is 13.1. The van der Waals surface area contributed by atoms with Crippen LogP contribution in [0.4, 0.5) is 0 Å². The van der Waals surface area contributed by atoms with Crippen LogP contribution in [0.5, 0.6) is 11.5 Å². The minimum absolute atomic E-state index is 0.399. The molecule has 6 heteroatoms. The summed E-state index contributed by atoms with van der Waals surface area (Å²) in [6, 6.07) is 5.25. The fourth-order valence-corrected chi connectivity index (χ4v) is 2.98. The van der Waals surface area contributed by atoms with Crippen molar-refractivity contribution < 1.29 is 9.47 Å². The van der Waals surface area contributed by atoms with Crippen LogP contribution >= 0.6 is 35.6 Å². The van der Waals surface area contributed by atoms with Crippen LogP contribution in [-0.4, -0.2) is 34.9 Å². The molecule has 1 aliphatic rings. The molecular weight excluding hydrogens is 302 g/mol. The quantitative estimate of drug-likeness (QED) is 0.624. The zero-order valence-corrected chi connectivity index (χ0v) is 12.7. The smallest absolute Gasteiger partial charge is 0.265 e. The van der Waals surface area contributed by atoms with Crippen molar-refractivity contribution in [2.24, 2.45) is 0 Å². The Morgan fingerprint density at radius 2 is 2.42 bits per heavy atom. The molecule has 19 heavy (non-hydrogen) atoms. The third kappa shape index (κ3) is 4.03. The zero-order valence-electron chi connectivity index (χ0n) is 10.3. The lowest BCUT2D eigenvalue weighted by Crippen LogP contribution is -2.30. The number of ether oxygens (including phenoxy) is 2. The third-order valence-electron chi connectivity index (χ3n) is 2.48. The van der Waals surface area contributed by atoms with Gasteiger partial charge in [0, 0.05) is 18.4 Å². The molecule has 1 saturated heterocycles. The van der Waals surface area contributed by atoms with Gasteiger partial charge >= 0.3 is 0 Å². The summed E-state index contributed by atoms with van der Waals surface area (Å²) < 4.78 is 11.1. The lowest BCUT2D eigenvalue weighted by molar-refractivity contribution is 0.360. The maximum absolute atomic E-state index is 6.03. The van der Waals surface area contributed by atoms with Crippen molar-refractivity contribution in [1.29, 1.82) is 0 Å². The second-order valence-corrected chi connectivity index (χ2v) is 5.69. The second-order valence-electron chi connectivity index (χ2n) is 3.86. The lowest BCUT2D eigenvalue weighted by atomic mass is 10.3. The first-order valence-corrected chi connectivity index (χ1v) is 7.72. The minimum Gasteiger partial charge on any atom is -0.488 e. The summed E-state index contributed by atoms with van der Waals surface area (Å²) in [4.78, 5) is 2.03. The normalized spacial score (nSPS) is 14.3. The van der Waals surface area contributed by atoms with E-state index >= 15 is 0 Å². The van der Waals surface area contributed by atoms with E-state index in [-0.39, 0.29) is 0 Å². The Bertz CT molecular complexity index is 476. The molecule has 0 aromatic heterocycles. The van der Waals surface area contributed by atoms with Gasteiger partial charge < -0.3 is 14.4 Å². The van der Waals surface area contributed by atoms with E-state index in [4.69, 9.17) is 33.3 Å². The molecule has 3 nitrogen and oxygen atoms in total. The molecular formula is C13H14ClNO2S2. The van der Waals surface area contributed by atoms with Gasteiger partial charge in [0.1, 0.15) is 18.1 Å². The predicted octanol–water partition coefficient (Wildman–Crippen LogP) is 3.57. The summed E-state index contributed by atoms with van der Waals surface area (Å²) in [6.07, 6.45) is 1.66. The van der Waals surface area contributed by atoms with E-state index in [1.165, 1.54) is 0 Å². The van der Waals surface area contributed by atoms with Gasteiger partial charge in [-0.05, 0) is 24.4 Å². The zero-order chi connectivity index (χ0) is 13.7. The number of halogens is 1. The molecule has 0 aliphatic carbocycles. The van der Waals surface area contributed by atoms with E-state index in [9.17, 15) is 0 Å². The Balaban J connectivity index is 2.03. The highest BCUT2D eigenvalue weighted by molar-refractivity contribution is 7.99. The van der Waals surface area contributed by atoms with Crippen LogP contribution in [0.15, 0.2) is 30.9 Å². The van der Waals surface area contributed by atoms with E-state index < -0.39 is 0 Å². The largest absolute Gasteiger partial charge is 0.488 e. The summed E-state index contributed by atoms with van der Waals surface area (Å²) in [6.45, 7) is 4.93. The van der Waals surface area contributed by atoms with Gasteiger partial charge in [-0.15, -0.1) is 11.8 Å². The average Bonchev–Trinajstić information content (AvgIpc) is 2.93. The van der Waals surface area contributed by atoms with Crippen molar-refractivity contribution in [3.05, 3.63) is 35.9 Å². The molecule has 1 fully saturated rings. The van der Waals surface area contributed by atoms with Gasteiger partial charge in [-0.1, -0.05) is 24.3 Å². The molecule has 1 aliphatic heterocycles. The molecule has 1 heterocycles.